The van der Waals surface area contributed by atoms with E-state index in [-0.39, 0.29) is 5.91 Å². The van der Waals surface area contributed by atoms with E-state index in [1.165, 1.54) is 0 Å². The van der Waals surface area contributed by atoms with Crippen LogP contribution in [-0.4, -0.2) is 28.8 Å². The molecule has 1 rings (SSSR count). The molecule has 20 heavy (non-hydrogen) atoms. The minimum atomic E-state index is -0.938. The van der Waals surface area contributed by atoms with Crippen LogP contribution in [0.4, 0.5) is 0 Å². The van der Waals surface area contributed by atoms with Gasteiger partial charge in [0.2, 0.25) is 0 Å². The van der Waals surface area contributed by atoms with E-state index in [9.17, 15) is 9.59 Å². The topological polar surface area (TPSA) is 66.4 Å². The second-order valence-electron chi connectivity index (χ2n) is 4.46. The lowest BCUT2D eigenvalue weighted by Gasteiger charge is -2.18. The SMILES string of the molecule is CCSc1ccc(Cl)cc1C(=O)NC(C)C(C)C(=O)O. The number of rotatable bonds is 6. The Morgan fingerprint density at radius 1 is 1.40 bits per heavy atom. The third kappa shape index (κ3) is 4.42. The highest BCUT2D eigenvalue weighted by Crippen LogP contribution is 2.25. The van der Waals surface area contributed by atoms with E-state index < -0.39 is 17.9 Å². The van der Waals surface area contributed by atoms with Crippen molar-refractivity contribution in [3.63, 3.8) is 0 Å². The van der Waals surface area contributed by atoms with Crippen LogP contribution in [0, 0.1) is 5.92 Å². The Morgan fingerprint density at radius 3 is 2.60 bits per heavy atom. The van der Waals surface area contributed by atoms with Crippen LogP contribution in [0.15, 0.2) is 23.1 Å². The molecule has 0 fully saturated rings. The molecule has 0 bridgehead atoms. The van der Waals surface area contributed by atoms with Crippen LogP contribution in [0.25, 0.3) is 0 Å². The van der Waals surface area contributed by atoms with E-state index in [1.807, 2.05) is 6.92 Å². The van der Waals surface area contributed by atoms with E-state index in [0.717, 1.165) is 10.6 Å². The first-order valence-corrected chi connectivity index (χ1v) is 7.69. The van der Waals surface area contributed by atoms with Crippen LogP contribution in [0.1, 0.15) is 31.1 Å². The molecule has 4 nitrogen and oxygen atoms in total. The number of nitrogens with one attached hydrogen (secondary N) is 1. The maximum Gasteiger partial charge on any atom is 0.308 e. The average molecular weight is 316 g/mol. The standard InChI is InChI=1S/C14H18ClNO3S/c1-4-20-12-6-5-10(15)7-11(12)13(17)16-9(3)8(2)14(18)19/h5-9H,4H2,1-3H3,(H,16,17)(H,18,19). The number of hydrogen-bond acceptors (Lipinski definition) is 3. The minimum absolute atomic E-state index is 0.302. The number of benzene rings is 1. The number of carbonyl (C=O) groups is 2. The van der Waals surface area contributed by atoms with E-state index in [2.05, 4.69) is 5.32 Å². The molecule has 2 atom stereocenters. The fraction of sp³-hybridized carbons (Fsp3) is 0.429. The predicted molar refractivity (Wildman–Crippen MR) is 81.6 cm³/mol. The number of thioether (sulfide) groups is 1. The number of amides is 1. The van der Waals surface area contributed by atoms with Gasteiger partial charge in [-0.1, -0.05) is 18.5 Å². The molecule has 0 aliphatic carbocycles. The highest BCUT2D eigenvalue weighted by molar-refractivity contribution is 7.99. The van der Waals surface area contributed by atoms with Crippen LogP contribution < -0.4 is 5.32 Å². The highest BCUT2D eigenvalue weighted by Gasteiger charge is 2.22. The first-order valence-electron chi connectivity index (χ1n) is 6.32. The fourth-order valence-corrected chi connectivity index (χ4v) is 2.54. The van der Waals surface area contributed by atoms with Crippen molar-refractivity contribution in [2.24, 2.45) is 5.92 Å². The number of aliphatic carboxylic acids is 1. The van der Waals surface area contributed by atoms with E-state index >= 15 is 0 Å². The molecule has 0 saturated heterocycles. The normalized spacial score (nSPS) is 13.6. The Balaban J connectivity index is 2.91. The van der Waals surface area contributed by atoms with Gasteiger partial charge < -0.3 is 10.4 Å². The highest BCUT2D eigenvalue weighted by atomic mass is 35.5. The van der Waals surface area contributed by atoms with Crippen LogP contribution in [0.5, 0.6) is 0 Å². The zero-order valence-electron chi connectivity index (χ0n) is 11.6. The van der Waals surface area contributed by atoms with Gasteiger partial charge in [0.15, 0.2) is 0 Å². The number of carboxylic acids is 1. The van der Waals surface area contributed by atoms with E-state index in [0.29, 0.717) is 10.6 Å². The number of carboxylic acid groups (broad SMARTS) is 1. The summed E-state index contributed by atoms with van der Waals surface area (Å²) in [5.41, 5.74) is 0.480. The summed E-state index contributed by atoms with van der Waals surface area (Å²) in [6.07, 6.45) is 0. The smallest absolute Gasteiger partial charge is 0.308 e. The van der Waals surface area contributed by atoms with Crippen molar-refractivity contribution in [3.05, 3.63) is 28.8 Å². The summed E-state index contributed by atoms with van der Waals surface area (Å²) >= 11 is 7.47. The molecule has 0 spiro atoms. The Bertz CT molecular complexity index is 507. The average Bonchev–Trinajstić information content (AvgIpc) is 2.39. The summed E-state index contributed by atoms with van der Waals surface area (Å²) in [6.45, 7) is 5.23. The minimum Gasteiger partial charge on any atom is -0.481 e. The fourth-order valence-electron chi connectivity index (χ4n) is 1.58. The Hall–Kier alpha value is -1.20. The second-order valence-corrected chi connectivity index (χ2v) is 6.20. The summed E-state index contributed by atoms with van der Waals surface area (Å²) < 4.78 is 0. The molecule has 0 radical (unpaired) electrons. The quantitative estimate of drug-likeness (QED) is 0.791. The van der Waals surface area contributed by atoms with Crippen molar-refractivity contribution < 1.29 is 14.7 Å². The monoisotopic (exact) mass is 315 g/mol. The van der Waals surface area contributed by atoms with Gasteiger partial charge in [0.1, 0.15) is 0 Å². The molecule has 2 N–H and O–H groups in total. The lowest BCUT2D eigenvalue weighted by Crippen LogP contribution is -2.40. The maximum absolute atomic E-state index is 12.3. The van der Waals surface area contributed by atoms with Crippen molar-refractivity contribution in [1.82, 2.24) is 5.32 Å². The van der Waals surface area contributed by atoms with Crippen LogP contribution in [0.3, 0.4) is 0 Å². The zero-order valence-corrected chi connectivity index (χ0v) is 13.2. The van der Waals surface area contributed by atoms with Gasteiger partial charge in [-0.15, -0.1) is 11.8 Å². The van der Waals surface area contributed by atoms with Crippen molar-refractivity contribution in [2.75, 3.05) is 5.75 Å². The molecule has 0 aliphatic heterocycles. The summed E-state index contributed by atoms with van der Waals surface area (Å²) in [7, 11) is 0. The molecular formula is C14H18ClNO3S. The Morgan fingerprint density at radius 2 is 2.05 bits per heavy atom. The van der Waals surface area contributed by atoms with E-state index in [1.54, 1.807) is 43.8 Å². The maximum atomic E-state index is 12.3. The molecule has 0 aromatic heterocycles. The van der Waals surface area contributed by atoms with Crippen molar-refractivity contribution in [3.8, 4) is 0 Å². The Kier molecular flexibility index (Phi) is 6.36. The van der Waals surface area contributed by atoms with Gasteiger partial charge >= 0.3 is 5.97 Å². The lowest BCUT2D eigenvalue weighted by atomic mass is 10.0. The molecule has 1 aromatic rings. The molecule has 1 amide bonds. The second kappa shape index (κ2) is 7.55. The molecule has 1 aromatic carbocycles. The summed E-state index contributed by atoms with van der Waals surface area (Å²) in [5, 5.41) is 12.1. The first-order chi connectivity index (χ1) is 9.36. The lowest BCUT2D eigenvalue weighted by molar-refractivity contribution is -0.141. The number of halogens is 1. The Labute approximate surface area is 127 Å². The van der Waals surface area contributed by atoms with Crippen LogP contribution in [0.2, 0.25) is 5.02 Å². The molecule has 0 aliphatic rings. The van der Waals surface area contributed by atoms with Crippen LogP contribution in [-0.2, 0) is 4.79 Å². The summed E-state index contributed by atoms with van der Waals surface area (Å²) in [6, 6.07) is 4.68. The van der Waals surface area contributed by atoms with Crippen LogP contribution >= 0.6 is 23.4 Å². The number of hydrogen-bond donors (Lipinski definition) is 2. The molecule has 2 unspecified atom stereocenters. The molecule has 0 saturated carbocycles. The van der Waals surface area contributed by atoms with Gasteiger partial charge in [-0.05, 0) is 37.8 Å². The van der Waals surface area contributed by atoms with Gasteiger partial charge in [-0.2, -0.15) is 0 Å². The molecule has 6 heteroatoms. The molecule has 110 valence electrons. The zero-order chi connectivity index (χ0) is 15.3. The first kappa shape index (κ1) is 16.9. The van der Waals surface area contributed by atoms with Gasteiger partial charge in [0.05, 0.1) is 11.5 Å². The van der Waals surface area contributed by atoms with Gasteiger partial charge in [-0.3, -0.25) is 9.59 Å². The van der Waals surface area contributed by atoms with Gasteiger partial charge in [-0.25, -0.2) is 0 Å². The summed E-state index contributed by atoms with van der Waals surface area (Å²) in [5.74, 6) is -1.06. The van der Waals surface area contributed by atoms with Crippen molar-refractivity contribution in [2.45, 2.75) is 31.7 Å². The van der Waals surface area contributed by atoms with Gasteiger partial charge in [0, 0.05) is 16.0 Å². The molecule has 0 heterocycles. The largest absolute Gasteiger partial charge is 0.481 e. The van der Waals surface area contributed by atoms with Crippen molar-refractivity contribution in [1.29, 1.82) is 0 Å². The predicted octanol–water partition coefficient (Wildman–Crippen LogP) is 3.29. The third-order valence-corrected chi connectivity index (χ3v) is 4.18. The number of carbonyl (C=O) groups excluding carboxylic acids is 1. The van der Waals surface area contributed by atoms with Gasteiger partial charge in [0.25, 0.3) is 5.91 Å². The van der Waals surface area contributed by atoms with E-state index in [4.69, 9.17) is 16.7 Å². The summed E-state index contributed by atoms with van der Waals surface area (Å²) in [4.78, 5) is 24.0. The van der Waals surface area contributed by atoms with Crippen molar-refractivity contribution >= 4 is 35.2 Å². The molecular weight excluding hydrogens is 298 g/mol. The third-order valence-electron chi connectivity index (χ3n) is 2.98.